The van der Waals surface area contributed by atoms with Crippen LogP contribution in [0.2, 0.25) is 0 Å². The molecule has 0 bridgehead atoms. The Hall–Kier alpha value is -3.34. The van der Waals surface area contributed by atoms with Gasteiger partial charge in [-0.3, -0.25) is 4.79 Å². The lowest BCUT2D eigenvalue weighted by atomic mass is 10.1. The van der Waals surface area contributed by atoms with Crippen molar-refractivity contribution in [2.75, 3.05) is 18.6 Å². The highest BCUT2D eigenvalue weighted by Gasteiger charge is 2.26. The zero-order valence-corrected chi connectivity index (χ0v) is 19.3. The van der Waals surface area contributed by atoms with Crippen molar-refractivity contribution in [3.63, 3.8) is 0 Å². The molecule has 0 fully saturated rings. The fourth-order valence-electron chi connectivity index (χ4n) is 3.89. The van der Waals surface area contributed by atoms with Crippen LogP contribution >= 0.6 is 11.7 Å². The third-order valence-corrected chi connectivity index (χ3v) is 7.61. The van der Waals surface area contributed by atoms with Gasteiger partial charge in [-0.25, -0.2) is 13.1 Å². The second-order valence-electron chi connectivity index (χ2n) is 7.61. The molecule has 0 radical (unpaired) electrons. The van der Waals surface area contributed by atoms with Crippen LogP contribution < -0.4 is 14.4 Å². The van der Waals surface area contributed by atoms with E-state index in [0.29, 0.717) is 28.9 Å². The van der Waals surface area contributed by atoms with Crippen LogP contribution in [0.5, 0.6) is 5.75 Å². The zero-order chi connectivity index (χ0) is 23.0. The molecule has 0 saturated carbocycles. The number of aromatic nitrogens is 2. The highest BCUT2D eigenvalue weighted by molar-refractivity contribution is 7.89. The molecule has 3 aromatic carbocycles. The van der Waals surface area contributed by atoms with Crippen LogP contribution in [-0.4, -0.2) is 36.7 Å². The average molecular weight is 481 g/mol. The van der Waals surface area contributed by atoms with Crippen molar-refractivity contribution in [3.05, 3.63) is 77.4 Å². The first-order chi connectivity index (χ1) is 16.0. The van der Waals surface area contributed by atoms with Gasteiger partial charge < -0.3 is 9.64 Å². The number of carbonyl (C=O) groups excluding carboxylic acids is 1. The Bertz CT molecular complexity index is 1450. The van der Waals surface area contributed by atoms with Crippen molar-refractivity contribution >= 4 is 44.4 Å². The lowest BCUT2D eigenvalue weighted by Crippen LogP contribution is -2.29. The first-order valence-corrected chi connectivity index (χ1v) is 12.5. The number of anilines is 1. The molecule has 0 saturated heterocycles. The molecule has 4 aromatic rings. The first-order valence-electron chi connectivity index (χ1n) is 10.2. The van der Waals surface area contributed by atoms with E-state index in [9.17, 15) is 13.2 Å². The molecule has 0 atom stereocenters. The molecule has 1 aliphatic rings. The summed E-state index contributed by atoms with van der Waals surface area (Å²) >= 11 is 0.977. The number of methoxy groups -OCH3 is 1. The SMILES string of the molecule is COc1ccc(C(=O)N2CCc3ccc(CNS(=O)(=O)c4cccc5nsnc45)cc32)cc1. The van der Waals surface area contributed by atoms with Crippen LogP contribution in [0, 0.1) is 0 Å². The summed E-state index contributed by atoms with van der Waals surface area (Å²) in [5, 5.41) is 0. The molecule has 8 nitrogen and oxygen atoms in total. The van der Waals surface area contributed by atoms with E-state index in [4.69, 9.17) is 4.74 Å². The number of nitrogens with zero attached hydrogens (tertiary/aromatic N) is 3. The van der Waals surface area contributed by atoms with Gasteiger partial charge in [0.1, 0.15) is 21.7 Å². The van der Waals surface area contributed by atoms with Gasteiger partial charge in [0, 0.05) is 24.3 Å². The molecule has 5 rings (SSSR count). The Morgan fingerprint density at radius 1 is 1.12 bits per heavy atom. The summed E-state index contributed by atoms with van der Waals surface area (Å²) in [7, 11) is -2.21. The van der Waals surface area contributed by atoms with Crippen molar-refractivity contribution in [1.82, 2.24) is 13.5 Å². The lowest BCUT2D eigenvalue weighted by molar-refractivity contribution is 0.0989. The third-order valence-electron chi connectivity index (χ3n) is 5.63. The molecule has 10 heteroatoms. The molecule has 0 unspecified atom stereocenters. The Kier molecular flexibility index (Phi) is 5.57. The number of benzene rings is 3. The van der Waals surface area contributed by atoms with Gasteiger partial charge in [-0.1, -0.05) is 18.2 Å². The summed E-state index contributed by atoms with van der Waals surface area (Å²) in [6.07, 6.45) is 0.752. The molecule has 168 valence electrons. The van der Waals surface area contributed by atoms with Crippen molar-refractivity contribution in [2.24, 2.45) is 0 Å². The van der Waals surface area contributed by atoms with E-state index < -0.39 is 10.0 Å². The van der Waals surface area contributed by atoms with Gasteiger partial charge in [0.25, 0.3) is 5.91 Å². The molecular weight excluding hydrogens is 460 g/mol. The van der Waals surface area contributed by atoms with Gasteiger partial charge in [0.05, 0.1) is 18.8 Å². The van der Waals surface area contributed by atoms with E-state index in [1.807, 2.05) is 18.2 Å². The van der Waals surface area contributed by atoms with Crippen LogP contribution in [0.3, 0.4) is 0 Å². The van der Waals surface area contributed by atoms with Gasteiger partial charge >= 0.3 is 0 Å². The molecule has 1 aromatic heterocycles. The second-order valence-corrected chi connectivity index (χ2v) is 9.87. The Morgan fingerprint density at radius 3 is 2.73 bits per heavy atom. The minimum absolute atomic E-state index is 0.0914. The quantitative estimate of drug-likeness (QED) is 0.454. The van der Waals surface area contributed by atoms with Crippen LogP contribution in [-0.2, 0) is 23.0 Å². The fourth-order valence-corrected chi connectivity index (χ4v) is 5.67. The number of fused-ring (bicyclic) bond motifs is 2. The molecule has 2 heterocycles. The summed E-state index contributed by atoms with van der Waals surface area (Å²) in [5.41, 5.74) is 4.10. The molecule has 1 aliphatic heterocycles. The topological polar surface area (TPSA) is 101 Å². The third kappa shape index (κ3) is 4.08. The molecule has 1 N–H and O–H groups in total. The average Bonchev–Trinajstić information content (AvgIpc) is 3.49. The summed E-state index contributed by atoms with van der Waals surface area (Å²) in [6.45, 7) is 0.669. The van der Waals surface area contributed by atoms with E-state index in [1.54, 1.807) is 48.4 Å². The van der Waals surface area contributed by atoms with Crippen LogP contribution in [0.15, 0.2) is 65.6 Å². The van der Waals surface area contributed by atoms with Crippen LogP contribution in [0.1, 0.15) is 21.5 Å². The highest BCUT2D eigenvalue weighted by atomic mass is 32.2. The predicted octanol–water partition coefficient (Wildman–Crippen LogP) is 3.38. The monoisotopic (exact) mass is 480 g/mol. The van der Waals surface area contributed by atoms with Crippen molar-refractivity contribution < 1.29 is 17.9 Å². The predicted molar refractivity (Wildman–Crippen MR) is 126 cm³/mol. The Balaban J connectivity index is 1.36. The van der Waals surface area contributed by atoms with Gasteiger partial charge in [-0.2, -0.15) is 8.75 Å². The van der Waals surface area contributed by atoms with Crippen molar-refractivity contribution in [1.29, 1.82) is 0 Å². The number of nitrogens with one attached hydrogen (secondary N) is 1. The summed E-state index contributed by atoms with van der Waals surface area (Å²) in [5.74, 6) is 0.587. The number of ether oxygens (including phenoxy) is 1. The molecule has 0 spiro atoms. The number of hydrogen-bond donors (Lipinski definition) is 1. The largest absolute Gasteiger partial charge is 0.497 e. The summed E-state index contributed by atoms with van der Waals surface area (Å²) < 4.78 is 41.9. The maximum Gasteiger partial charge on any atom is 0.258 e. The number of sulfonamides is 1. The van der Waals surface area contributed by atoms with Gasteiger partial charge in [-0.05, 0) is 60.0 Å². The number of rotatable bonds is 6. The minimum atomic E-state index is -3.79. The standard InChI is InChI=1S/C23H20N4O4S2/c1-31-18-9-7-17(8-10-18)23(28)27-12-11-16-6-5-15(13-20(16)27)14-24-33(29,30)21-4-2-3-19-22(21)26-32-25-19/h2-10,13,24H,11-12,14H2,1H3. The normalized spacial score (nSPS) is 13.3. The molecule has 1 amide bonds. The number of carbonyl (C=O) groups is 1. The molecule has 0 aliphatic carbocycles. The summed E-state index contributed by atoms with van der Waals surface area (Å²) in [6, 6.07) is 17.6. The maximum atomic E-state index is 13.1. The number of hydrogen-bond acceptors (Lipinski definition) is 7. The smallest absolute Gasteiger partial charge is 0.258 e. The Labute approximate surface area is 195 Å². The second kappa shape index (κ2) is 8.54. The van der Waals surface area contributed by atoms with Crippen molar-refractivity contribution in [2.45, 2.75) is 17.9 Å². The number of amides is 1. The van der Waals surface area contributed by atoms with Gasteiger partial charge in [0.15, 0.2) is 0 Å². The Morgan fingerprint density at radius 2 is 1.94 bits per heavy atom. The van der Waals surface area contributed by atoms with E-state index >= 15 is 0 Å². The van der Waals surface area contributed by atoms with Crippen LogP contribution in [0.4, 0.5) is 5.69 Å². The zero-order valence-electron chi connectivity index (χ0n) is 17.7. The van der Waals surface area contributed by atoms with Gasteiger partial charge in [-0.15, -0.1) is 0 Å². The highest BCUT2D eigenvalue weighted by Crippen LogP contribution is 2.31. The lowest BCUT2D eigenvalue weighted by Gasteiger charge is -2.18. The van der Waals surface area contributed by atoms with Crippen LogP contribution in [0.25, 0.3) is 11.0 Å². The molecule has 33 heavy (non-hydrogen) atoms. The van der Waals surface area contributed by atoms with E-state index in [-0.39, 0.29) is 17.3 Å². The van der Waals surface area contributed by atoms with E-state index in [2.05, 4.69) is 13.5 Å². The molecular formula is C23H20N4O4S2. The first kappa shape index (κ1) is 21.5. The van der Waals surface area contributed by atoms with Gasteiger partial charge in [0.2, 0.25) is 10.0 Å². The minimum Gasteiger partial charge on any atom is -0.497 e. The van der Waals surface area contributed by atoms with E-state index in [0.717, 1.165) is 35.0 Å². The van der Waals surface area contributed by atoms with E-state index in [1.165, 1.54) is 6.07 Å². The van der Waals surface area contributed by atoms with Crippen molar-refractivity contribution in [3.8, 4) is 5.75 Å². The maximum absolute atomic E-state index is 13.1. The summed E-state index contributed by atoms with van der Waals surface area (Å²) in [4.78, 5) is 14.9. The fraction of sp³-hybridized carbons (Fsp3) is 0.174.